The standard InChI is InChI=1S/C27H31N3O4.2ClH/c1-6-22-20-15-25(33-5)24(32-4)14-19(20)21(27(31)30-22)13-17-11-16-12-18(34-8-3)9-10-23(16)29-26(17)28-7-2;;/h9-12,14-15H,6-8,13H2,1-5H3,(H,28,29)(H,30,31);2*1H. The maximum absolute atomic E-state index is 11.0. The van der Waals surface area contributed by atoms with Crippen molar-refractivity contribution in [2.24, 2.45) is 0 Å². The highest BCUT2D eigenvalue weighted by molar-refractivity contribution is 5.92. The average Bonchev–Trinajstić information content (AvgIpc) is 2.85. The van der Waals surface area contributed by atoms with Crippen LogP contribution >= 0.6 is 24.8 Å². The average molecular weight is 534 g/mol. The summed E-state index contributed by atoms with van der Waals surface area (Å²) in [4.78, 5) is 9.38. The zero-order valence-corrected chi connectivity index (χ0v) is 22.8. The number of nitrogens with one attached hydrogen (secondary N) is 1. The van der Waals surface area contributed by atoms with Crippen molar-refractivity contribution < 1.29 is 19.3 Å². The number of pyridine rings is 2. The molecule has 0 fully saturated rings. The second kappa shape index (κ2) is 12.7. The number of aryl methyl sites for hydroxylation is 1. The number of halogens is 2. The van der Waals surface area contributed by atoms with E-state index >= 15 is 0 Å². The van der Waals surface area contributed by atoms with E-state index < -0.39 is 0 Å². The molecule has 0 aliphatic carbocycles. The van der Waals surface area contributed by atoms with Gasteiger partial charge in [-0.25, -0.2) is 9.97 Å². The van der Waals surface area contributed by atoms with E-state index in [1.807, 2.05) is 51.1 Å². The van der Waals surface area contributed by atoms with Gasteiger partial charge in [0.25, 0.3) is 0 Å². The molecular formula is C27H33Cl2N3O4. The number of rotatable bonds is 9. The maximum atomic E-state index is 11.0. The van der Waals surface area contributed by atoms with Crippen LogP contribution in [0.4, 0.5) is 5.82 Å². The largest absolute Gasteiger partial charge is 0.494 e. The molecule has 0 aliphatic rings. The Hall–Kier alpha value is -3.16. The van der Waals surface area contributed by atoms with E-state index in [1.165, 1.54) is 0 Å². The Labute approximate surface area is 224 Å². The minimum absolute atomic E-state index is 0. The van der Waals surface area contributed by atoms with Crippen LogP contribution in [0.2, 0.25) is 0 Å². The number of hydrogen-bond acceptors (Lipinski definition) is 7. The molecule has 36 heavy (non-hydrogen) atoms. The summed E-state index contributed by atoms with van der Waals surface area (Å²) in [7, 11) is 3.22. The van der Waals surface area contributed by atoms with Crippen molar-refractivity contribution in [3.8, 4) is 23.1 Å². The molecule has 0 bridgehead atoms. The number of hydrogen-bond donors (Lipinski definition) is 2. The van der Waals surface area contributed by atoms with Gasteiger partial charge in [-0.1, -0.05) is 6.92 Å². The summed E-state index contributed by atoms with van der Waals surface area (Å²) in [5.74, 6) is 2.84. The Morgan fingerprint density at radius 2 is 1.58 bits per heavy atom. The van der Waals surface area contributed by atoms with Crippen LogP contribution in [0.25, 0.3) is 21.7 Å². The first-order valence-corrected chi connectivity index (χ1v) is 11.6. The molecule has 4 rings (SSSR count). The van der Waals surface area contributed by atoms with E-state index in [0.717, 1.165) is 56.6 Å². The molecule has 0 radical (unpaired) electrons. The van der Waals surface area contributed by atoms with Crippen molar-refractivity contribution in [1.29, 1.82) is 0 Å². The molecule has 0 amide bonds. The Bertz CT molecular complexity index is 1350. The summed E-state index contributed by atoms with van der Waals surface area (Å²) in [6, 6.07) is 11.8. The SMILES string of the molecule is CCNc1nc2ccc(OCC)cc2cc1Cc1c(O)nc(CC)c2cc(OC)c(OC)cc12.Cl.Cl. The van der Waals surface area contributed by atoms with Gasteiger partial charge in [0.05, 0.1) is 32.0 Å². The third kappa shape index (κ3) is 5.63. The van der Waals surface area contributed by atoms with Gasteiger partial charge < -0.3 is 24.6 Å². The van der Waals surface area contributed by atoms with Crippen molar-refractivity contribution in [2.75, 3.05) is 32.7 Å². The molecule has 2 N–H and O–H groups in total. The summed E-state index contributed by atoms with van der Waals surface area (Å²) in [6.45, 7) is 7.35. The van der Waals surface area contributed by atoms with Gasteiger partial charge in [0.15, 0.2) is 11.5 Å². The Kier molecular flexibility index (Phi) is 10.3. The predicted octanol–water partition coefficient (Wildman–Crippen LogP) is 6.33. The molecule has 2 aromatic carbocycles. The fourth-order valence-electron chi connectivity index (χ4n) is 4.29. The lowest BCUT2D eigenvalue weighted by Gasteiger charge is -2.17. The summed E-state index contributed by atoms with van der Waals surface area (Å²) in [5.41, 5.74) is 3.36. The number of benzene rings is 2. The molecule has 0 unspecified atom stereocenters. The number of aromatic nitrogens is 2. The van der Waals surface area contributed by atoms with Crippen molar-refractivity contribution in [1.82, 2.24) is 9.97 Å². The second-order valence-corrected chi connectivity index (χ2v) is 7.96. The normalized spacial score (nSPS) is 10.5. The van der Waals surface area contributed by atoms with Gasteiger partial charge in [0.2, 0.25) is 5.88 Å². The van der Waals surface area contributed by atoms with Crippen LogP contribution in [0.3, 0.4) is 0 Å². The number of ether oxygens (including phenoxy) is 3. The van der Waals surface area contributed by atoms with E-state index in [-0.39, 0.29) is 30.7 Å². The van der Waals surface area contributed by atoms with E-state index in [9.17, 15) is 5.11 Å². The van der Waals surface area contributed by atoms with Gasteiger partial charge in [-0.05, 0) is 67.6 Å². The molecule has 0 aliphatic heterocycles. The lowest BCUT2D eigenvalue weighted by Crippen LogP contribution is -2.06. The van der Waals surface area contributed by atoms with E-state index in [4.69, 9.17) is 19.2 Å². The number of anilines is 1. The highest BCUT2D eigenvalue weighted by Gasteiger charge is 2.19. The summed E-state index contributed by atoms with van der Waals surface area (Å²) >= 11 is 0. The minimum atomic E-state index is 0. The van der Waals surface area contributed by atoms with Crippen molar-refractivity contribution in [3.05, 3.63) is 53.2 Å². The Morgan fingerprint density at radius 1 is 0.889 bits per heavy atom. The summed E-state index contributed by atoms with van der Waals surface area (Å²) < 4.78 is 16.7. The Morgan fingerprint density at radius 3 is 2.19 bits per heavy atom. The predicted molar refractivity (Wildman–Crippen MR) is 150 cm³/mol. The zero-order chi connectivity index (χ0) is 24.2. The minimum Gasteiger partial charge on any atom is -0.494 e. The summed E-state index contributed by atoms with van der Waals surface area (Å²) in [6.07, 6.45) is 1.12. The van der Waals surface area contributed by atoms with Gasteiger partial charge in [-0.2, -0.15) is 0 Å². The molecule has 2 aromatic heterocycles. The Balaban J connectivity index is 0.00000228. The van der Waals surface area contributed by atoms with Crippen LogP contribution in [0.15, 0.2) is 36.4 Å². The van der Waals surface area contributed by atoms with E-state index in [1.54, 1.807) is 14.2 Å². The third-order valence-electron chi connectivity index (χ3n) is 5.89. The van der Waals surface area contributed by atoms with Crippen LogP contribution in [-0.2, 0) is 12.8 Å². The number of fused-ring (bicyclic) bond motifs is 2. The van der Waals surface area contributed by atoms with Gasteiger partial charge in [0, 0.05) is 29.3 Å². The van der Waals surface area contributed by atoms with E-state index in [0.29, 0.717) is 30.9 Å². The van der Waals surface area contributed by atoms with Crippen molar-refractivity contribution in [3.63, 3.8) is 0 Å². The molecule has 2 heterocycles. The van der Waals surface area contributed by atoms with Crippen LogP contribution in [0, 0.1) is 0 Å². The topological polar surface area (TPSA) is 85.7 Å². The molecule has 0 atom stereocenters. The molecule has 4 aromatic rings. The van der Waals surface area contributed by atoms with Crippen LogP contribution in [0.1, 0.15) is 37.6 Å². The first-order valence-electron chi connectivity index (χ1n) is 11.6. The van der Waals surface area contributed by atoms with Gasteiger partial charge in [-0.3, -0.25) is 0 Å². The second-order valence-electron chi connectivity index (χ2n) is 7.96. The maximum Gasteiger partial charge on any atom is 0.215 e. The molecule has 0 saturated heterocycles. The van der Waals surface area contributed by atoms with Gasteiger partial charge in [0.1, 0.15) is 11.6 Å². The molecule has 9 heteroatoms. The molecule has 194 valence electrons. The van der Waals surface area contributed by atoms with Gasteiger partial charge in [-0.15, -0.1) is 24.8 Å². The number of aromatic hydroxyl groups is 1. The van der Waals surface area contributed by atoms with E-state index in [2.05, 4.69) is 16.4 Å². The monoisotopic (exact) mass is 533 g/mol. The van der Waals surface area contributed by atoms with Crippen molar-refractivity contribution in [2.45, 2.75) is 33.6 Å². The smallest absolute Gasteiger partial charge is 0.215 e. The fraction of sp³-hybridized carbons (Fsp3) is 0.333. The number of nitrogens with zero attached hydrogens (tertiary/aromatic N) is 2. The van der Waals surface area contributed by atoms with Crippen LogP contribution in [-0.4, -0.2) is 42.4 Å². The number of methoxy groups -OCH3 is 2. The molecule has 0 saturated carbocycles. The quantitative estimate of drug-likeness (QED) is 0.259. The lowest BCUT2D eigenvalue weighted by molar-refractivity contribution is 0.340. The first-order chi connectivity index (χ1) is 16.5. The highest BCUT2D eigenvalue weighted by atomic mass is 35.5. The molecule has 7 nitrogen and oxygen atoms in total. The lowest BCUT2D eigenvalue weighted by atomic mass is 9.96. The molecular weight excluding hydrogens is 501 g/mol. The fourth-order valence-corrected chi connectivity index (χ4v) is 4.29. The van der Waals surface area contributed by atoms with Crippen molar-refractivity contribution >= 4 is 52.3 Å². The van der Waals surface area contributed by atoms with Crippen LogP contribution < -0.4 is 19.5 Å². The molecule has 0 spiro atoms. The highest BCUT2D eigenvalue weighted by Crippen LogP contribution is 2.39. The van der Waals surface area contributed by atoms with Gasteiger partial charge >= 0.3 is 0 Å². The zero-order valence-electron chi connectivity index (χ0n) is 21.2. The van der Waals surface area contributed by atoms with Crippen LogP contribution in [0.5, 0.6) is 23.1 Å². The summed E-state index contributed by atoms with van der Waals surface area (Å²) in [5, 5.41) is 17.1. The first kappa shape index (κ1) is 29.1. The third-order valence-corrected chi connectivity index (χ3v) is 5.89.